The Kier molecular flexibility index (Phi) is 1.29. The van der Waals surface area contributed by atoms with E-state index in [0.29, 0.717) is 11.8 Å². The Balaban J connectivity index is 2.05. The van der Waals surface area contributed by atoms with Gasteiger partial charge in [0, 0.05) is 11.8 Å². The van der Waals surface area contributed by atoms with Gasteiger partial charge in [-0.15, -0.1) is 0 Å². The van der Waals surface area contributed by atoms with Crippen LogP contribution in [0, 0.1) is 11.3 Å². The molecule has 0 unspecified atom stereocenters. The maximum Gasteiger partial charge on any atom is 0.103 e. The molecule has 3 rings (SSSR count). The molecule has 1 N–H and O–H groups in total. The number of aromatic amines is 1. The molecule has 0 radical (unpaired) electrons. The third-order valence-corrected chi connectivity index (χ3v) is 2.88. The van der Waals surface area contributed by atoms with Gasteiger partial charge < -0.3 is 0 Å². The second kappa shape index (κ2) is 2.35. The number of H-pyrrole nitrogens is 1. The molecule has 1 aromatic rings. The molecular formula is C10H11N3. The third-order valence-electron chi connectivity index (χ3n) is 2.88. The molecule has 0 aliphatic heterocycles. The van der Waals surface area contributed by atoms with Crippen molar-refractivity contribution in [1.82, 2.24) is 10.2 Å². The smallest absolute Gasteiger partial charge is 0.103 e. The average Bonchev–Trinajstić information content (AvgIpc) is 3.02. The van der Waals surface area contributed by atoms with Crippen LogP contribution in [0.1, 0.15) is 54.5 Å². The Bertz CT molecular complexity index is 348. The van der Waals surface area contributed by atoms with Crippen LogP contribution < -0.4 is 0 Å². The summed E-state index contributed by atoms with van der Waals surface area (Å²) in [5.41, 5.74) is 2.99. The topological polar surface area (TPSA) is 52.5 Å². The second-order valence-electron chi connectivity index (χ2n) is 4.06. The molecule has 13 heavy (non-hydrogen) atoms. The number of nitriles is 1. The van der Waals surface area contributed by atoms with Crippen molar-refractivity contribution in [2.75, 3.05) is 0 Å². The van der Waals surface area contributed by atoms with E-state index < -0.39 is 0 Å². The molecule has 3 heteroatoms. The van der Waals surface area contributed by atoms with Crippen molar-refractivity contribution in [2.45, 2.75) is 37.5 Å². The van der Waals surface area contributed by atoms with Gasteiger partial charge in [-0.2, -0.15) is 10.4 Å². The molecule has 0 saturated heterocycles. The molecule has 3 nitrogen and oxygen atoms in total. The number of hydrogen-bond donors (Lipinski definition) is 1. The van der Waals surface area contributed by atoms with Crippen LogP contribution >= 0.6 is 0 Å². The van der Waals surface area contributed by atoms with Gasteiger partial charge in [-0.1, -0.05) is 0 Å². The zero-order chi connectivity index (χ0) is 8.84. The SMILES string of the molecule is N#Cc1c(C2CC2)n[nH]c1C1CC1. The van der Waals surface area contributed by atoms with Crippen molar-refractivity contribution < 1.29 is 0 Å². The Morgan fingerprint density at radius 2 is 1.92 bits per heavy atom. The number of nitrogens with one attached hydrogen (secondary N) is 1. The summed E-state index contributed by atoms with van der Waals surface area (Å²) in [5, 5.41) is 16.3. The monoisotopic (exact) mass is 173 g/mol. The lowest BCUT2D eigenvalue weighted by Crippen LogP contribution is -1.86. The maximum absolute atomic E-state index is 9.03. The summed E-state index contributed by atoms with van der Waals surface area (Å²) in [5.74, 6) is 1.19. The maximum atomic E-state index is 9.03. The molecule has 2 aliphatic rings. The van der Waals surface area contributed by atoms with Crippen LogP contribution in [-0.4, -0.2) is 10.2 Å². The van der Waals surface area contributed by atoms with Crippen molar-refractivity contribution in [1.29, 1.82) is 5.26 Å². The average molecular weight is 173 g/mol. The highest BCUT2D eigenvalue weighted by atomic mass is 15.1. The van der Waals surface area contributed by atoms with Crippen LogP contribution in [0.3, 0.4) is 0 Å². The van der Waals surface area contributed by atoms with Gasteiger partial charge in [-0.25, -0.2) is 0 Å². The minimum Gasteiger partial charge on any atom is -0.281 e. The molecule has 66 valence electrons. The molecule has 2 aliphatic carbocycles. The fourth-order valence-electron chi connectivity index (χ4n) is 1.81. The van der Waals surface area contributed by atoms with Gasteiger partial charge in [-0.3, -0.25) is 5.10 Å². The van der Waals surface area contributed by atoms with E-state index in [9.17, 15) is 0 Å². The molecule has 0 atom stereocenters. The quantitative estimate of drug-likeness (QED) is 0.744. The van der Waals surface area contributed by atoms with Crippen LogP contribution in [0.4, 0.5) is 0 Å². The molecule has 0 aromatic carbocycles. The van der Waals surface area contributed by atoms with E-state index >= 15 is 0 Å². The second-order valence-corrected chi connectivity index (χ2v) is 4.06. The van der Waals surface area contributed by atoms with Crippen molar-refractivity contribution in [3.63, 3.8) is 0 Å². The third kappa shape index (κ3) is 1.06. The molecular weight excluding hydrogens is 162 g/mol. The van der Waals surface area contributed by atoms with Crippen LogP contribution in [0.5, 0.6) is 0 Å². The number of rotatable bonds is 2. The van der Waals surface area contributed by atoms with Gasteiger partial charge in [0.25, 0.3) is 0 Å². The summed E-state index contributed by atoms with van der Waals surface area (Å²) < 4.78 is 0. The van der Waals surface area contributed by atoms with E-state index in [-0.39, 0.29) is 0 Å². The van der Waals surface area contributed by atoms with E-state index in [4.69, 9.17) is 5.26 Å². The Morgan fingerprint density at radius 1 is 1.23 bits per heavy atom. The number of nitrogens with zero attached hydrogens (tertiary/aromatic N) is 2. The van der Waals surface area contributed by atoms with Crippen molar-refractivity contribution >= 4 is 0 Å². The minimum absolute atomic E-state index is 0.582. The Morgan fingerprint density at radius 3 is 2.46 bits per heavy atom. The molecule has 0 bridgehead atoms. The Hall–Kier alpha value is -1.30. The first-order valence-electron chi connectivity index (χ1n) is 4.88. The summed E-state index contributed by atoms with van der Waals surface area (Å²) in [6.07, 6.45) is 4.87. The fourth-order valence-corrected chi connectivity index (χ4v) is 1.81. The number of aromatic nitrogens is 2. The molecule has 1 heterocycles. The van der Waals surface area contributed by atoms with E-state index in [2.05, 4.69) is 16.3 Å². The summed E-state index contributed by atoms with van der Waals surface area (Å²) in [7, 11) is 0. The van der Waals surface area contributed by atoms with E-state index in [1.165, 1.54) is 25.7 Å². The summed E-state index contributed by atoms with van der Waals surface area (Å²) in [4.78, 5) is 0. The number of hydrogen-bond acceptors (Lipinski definition) is 2. The van der Waals surface area contributed by atoms with E-state index in [0.717, 1.165) is 17.0 Å². The zero-order valence-corrected chi connectivity index (χ0v) is 7.38. The first kappa shape index (κ1) is 7.14. The predicted octanol–water partition coefficient (Wildman–Crippen LogP) is 2.04. The van der Waals surface area contributed by atoms with Gasteiger partial charge in [-0.05, 0) is 25.7 Å². The van der Waals surface area contributed by atoms with Gasteiger partial charge in [0.05, 0.1) is 17.0 Å². The predicted molar refractivity (Wildman–Crippen MR) is 47.3 cm³/mol. The highest BCUT2D eigenvalue weighted by Crippen LogP contribution is 2.45. The van der Waals surface area contributed by atoms with Gasteiger partial charge in [0.2, 0.25) is 0 Å². The largest absolute Gasteiger partial charge is 0.281 e. The molecule has 2 saturated carbocycles. The van der Waals surface area contributed by atoms with Crippen molar-refractivity contribution in [2.24, 2.45) is 0 Å². The molecule has 0 spiro atoms. The van der Waals surface area contributed by atoms with Crippen LogP contribution in [0.15, 0.2) is 0 Å². The lowest BCUT2D eigenvalue weighted by molar-refractivity contribution is 0.926. The first-order chi connectivity index (χ1) is 6.40. The van der Waals surface area contributed by atoms with Gasteiger partial charge >= 0.3 is 0 Å². The Labute approximate surface area is 76.8 Å². The lowest BCUT2D eigenvalue weighted by Gasteiger charge is -1.92. The zero-order valence-electron chi connectivity index (χ0n) is 7.38. The van der Waals surface area contributed by atoms with E-state index in [1.807, 2.05) is 0 Å². The van der Waals surface area contributed by atoms with Crippen molar-refractivity contribution in [3.05, 3.63) is 17.0 Å². The summed E-state index contributed by atoms with van der Waals surface area (Å²) >= 11 is 0. The first-order valence-corrected chi connectivity index (χ1v) is 4.88. The van der Waals surface area contributed by atoms with Crippen LogP contribution in [-0.2, 0) is 0 Å². The van der Waals surface area contributed by atoms with Crippen molar-refractivity contribution in [3.8, 4) is 6.07 Å². The standard InChI is InChI=1S/C10H11N3/c11-5-8-9(6-1-2-6)12-13-10(8)7-3-4-7/h6-7H,1-4H2,(H,12,13). The summed E-state index contributed by atoms with van der Waals surface area (Å²) in [6.45, 7) is 0. The highest BCUT2D eigenvalue weighted by molar-refractivity contribution is 5.43. The normalized spacial score (nSPS) is 21.5. The molecule has 1 aromatic heterocycles. The van der Waals surface area contributed by atoms with Gasteiger partial charge in [0.15, 0.2) is 0 Å². The van der Waals surface area contributed by atoms with Crippen LogP contribution in [0.2, 0.25) is 0 Å². The molecule has 2 fully saturated rings. The minimum atomic E-state index is 0.582. The highest BCUT2D eigenvalue weighted by Gasteiger charge is 2.34. The van der Waals surface area contributed by atoms with E-state index in [1.54, 1.807) is 0 Å². The van der Waals surface area contributed by atoms with Gasteiger partial charge in [0.1, 0.15) is 6.07 Å². The summed E-state index contributed by atoms with van der Waals surface area (Å²) in [6, 6.07) is 2.29. The lowest BCUT2D eigenvalue weighted by atomic mass is 10.1. The molecule has 0 amide bonds. The fraction of sp³-hybridized carbons (Fsp3) is 0.600. The van der Waals surface area contributed by atoms with Crippen LogP contribution in [0.25, 0.3) is 0 Å².